The van der Waals surface area contributed by atoms with Crippen molar-refractivity contribution < 1.29 is 4.74 Å². The molecular formula is C14H13N3O. The Morgan fingerprint density at radius 2 is 1.83 bits per heavy atom. The van der Waals surface area contributed by atoms with Crippen LogP contribution in [-0.2, 0) is 11.2 Å². The van der Waals surface area contributed by atoms with E-state index in [0.29, 0.717) is 18.3 Å². The molecule has 2 aromatic rings. The summed E-state index contributed by atoms with van der Waals surface area (Å²) in [7, 11) is 0. The van der Waals surface area contributed by atoms with Crippen LogP contribution in [0, 0.1) is 0 Å². The molecule has 0 saturated carbocycles. The van der Waals surface area contributed by atoms with Crippen molar-refractivity contribution in [1.82, 2.24) is 9.97 Å². The Bertz CT molecular complexity index is 539. The van der Waals surface area contributed by atoms with E-state index in [1.165, 1.54) is 5.56 Å². The normalized spacial score (nSPS) is 18.2. The van der Waals surface area contributed by atoms with Crippen LogP contribution >= 0.6 is 0 Å². The fraction of sp³-hybridized carbons (Fsp3) is 0.214. The fourth-order valence-electron chi connectivity index (χ4n) is 1.94. The Morgan fingerprint density at radius 1 is 1.06 bits per heavy atom. The van der Waals surface area contributed by atoms with Crippen molar-refractivity contribution in [3.05, 3.63) is 60.2 Å². The Kier molecular flexibility index (Phi) is 3.00. The number of hydrogen-bond donors (Lipinski definition) is 0. The van der Waals surface area contributed by atoms with Gasteiger partial charge in [0.2, 0.25) is 5.82 Å². The summed E-state index contributed by atoms with van der Waals surface area (Å²) in [4.78, 5) is 12.8. The molecule has 0 bridgehead atoms. The van der Waals surface area contributed by atoms with E-state index in [9.17, 15) is 0 Å². The van der Waals surface area contributed by atoms with E-state index in [1.807, 2.05) is 18.2 Å². The average Bonchev–Trinajstić information content (AvgIpc) is 2.89. The summed E-state index contributed by atoms with van der Waals surface area (Å²) in [5.41, 5.74) is 1.27. The van der Waals surface area contributed by atoms with E-state index in [2.05, 4.69) is 27.1 Å². The highest BCUT2D eigenvalue weighted by Gasteiger charge is 2.21. The average molecular weight is 239 g/mol. The van der Waals surface area contributed by atoms with Crippen molar-refractivity contribution in [2.45, 2.75) is 12.5 Å². The Balaban J connectivity index is 1.73. The van der Waals surface area contributed by atoms with Gasteiger partial charge in [-0.05, 0) is 18.1 Å². The van der Waals surface area contributed by atoms with Crippen LogP contribution in [-0.4, -0.2) is 28.5 Å². The summed E-state index contributed by atoms with van der Waals surface area (Å²) in [6.07, 6.45) is 4.27. The minimum atomic E-state index is 0.159. The van der Waals surface area contributed by atoms with Gasteiger partial charge in [-0.15, -0.1) is 0 Å². The van der Waals surface area contributed by atoms with E-state index in [-0.39, 0.29) is 6.04 Å². The van der Waals surface area contributed by atoms with Crippen molar-refractivity contribution in [1.29, 1.82) is 0 Å². The SMILES string of the molecule is c1ccc(C[C@H]2COC(c3ncccn3)=N2)cc1. The van der Waals surface area contributed by atoms with Crippen LogP contribution in [0.2, 0.25) is 0 Å². The van der Waals surface area contributed by atoms with Gasteiger partial charge in [0, 0.05) is 12.4 Å². The monoisotopic (exact) mass is 239 g/mol. The molecule has 0 N–H and O–H groups in total. The number of nitrogens with zero attached hydrogens (tertiary/aromatic N) is 3. The zero-order chi connectivity index (χ0) is 12.2. The van der Waals surface area contributed by atoms with Gasteiger partial charge in [-0.2, -0.15) is 0 Å². The molecule has 1 aliphatic heterocycles. The second-order valence-corrected chi connectivity index (χ2v) is 4.16. The number of aromatic nitrogens is 2. The zero-order valence-corrected chi connectivity index (χ0v) is 9.86. The van der Waals surface area contributed by atoms with E-state index in [0.717, 1.165) is 6.42 Å². The number of hydrogen-bond acceptors (Lipinski definition) is 4. The zero-order valence-electron chi connectivity index (χ0n) is 9.86. The highest BCUT2D eigenvalue weighted by molar-refractivity contribution is 5.91. The number of benzene rings is 1. The predicted octanol–water partition coefficient (Wildman–Crippen LogP) is 1.86. The molecule has 0 spiro atoms. The molecule has 1 atom stereocenters. The molecule has 1 aromatic carbocycles. The third kappa shape index (κ3) is 2.37. The topological polar surface area (TPSA) is 47.4 Å². The van der Waals surface area contributed by atoms with Crippen LogP contribution in [0.5, 0.6) is 0 Å². The molecule has 18 heavy (non-hydrogen) atoms. The molecular weight excluding hydrogens is 226 g/mol. The first kappa shape index (κ1) is 10.9. The maximum Gasteiger partial charge on any atom is 0.255 e. The molecule has 0 fully saturated rings. The smallest absolute Gasteiger partial charge is 0.255 e. The number of rotatable bonds is 3. The van der Waals surface area contributed by atoms with Gasteiger partial charge in [0.15, 0.2) is 0 Å². The quantitative estimate of drug-likeness (QED) is 0.821. The Labute approximate surface area is 105 Å². The molecule has 90 valence electrons. The van der Waals surface area contributed by atoms with Crippen molar-refractivity contribution in [2.24, 2.45) is 4.99 Å². The van der Waals surface area contributed by atoms with E-state index in [1.54, 1.807) is 18.5 Å². The summed E-state index contributed by atoms with van der Waals surface area (Å²) in [6, 6.07) is 12.2. The molecule has 1 aromatic heterocycles. The van der Waals surface area contributed by atoms with Crippen LogP contribution < -0.4 is 0 Å². The molecule has 0 aliphatic carbocycles. The van der Waals surface area contributed by atoms with Gasteiger partial charge in [0.05, 0.1) is 6.04 Å². The maximum absolute atomic E-state index is 5.55. The molecule has 0 saturated heterocycles. The van der Waals surface area contributed by atoms with Gasteiger partial charge in [0.25, 0.3) is 5.90 Å². The third-order valence-corrected chi connectivity index (χ3v) is 2.78. The highest BCUT2D eigenvalue weighted by Crippen LogP contribution is 2.13. The second-order valence-electron chi connectivity index (χ2n) is 4.16. The molecule has 2 heterocycles. The summed E-state index contributed by atoms with van der Waals surface area (Å²) < 4.78 is 5.55. The predicted molar refractivity (Wildman–Crippen MR) is 68.5 cm³/mol. The standard InChI is InChI=1S/C14H13N3O/c1-2-5-11(6-3-1)9-12-10-18-14(17-12)13-15-7-4-8-16-13/h1-8,12H,9-10H2/t12-/m0/s1. The van der Waals surface area contributed by atoms with Crippen molar-refractivity contribution in [3.8, 4) is 0 Å². The number of ether oxygens (including phenoxy) is 1. The first-order valence-corrected chi connectivity index (χ1v) is 5.94. The second kappa shape index (κ2) is 4.96. The lowest BCUT2D eigenvalue weighted by Crippen LogP contribution is -2.09. The van der Waals surface area contributed by atoms with Crippen LogP contribution in [0.25, 0.3) is 0 Å². The number of aliphatic imine (C=N–C) groups is 1. The van der Waals surface area contributed by atoms with Crippen molar-refractivity contribution >= 4 is 5.90 Å². The van der Waals surface area contributed by atoms with Crippen molar-refractivity contribution in [2.75, 3.05) is 6.61 Å². The molecule has 0 amide bonds. The Hall–Kier alpha value is -2.23. The van der Waals surface area contributed by atoms with E-state index in [4.69, 9.17) is 4.74 Å². The molecule has 4 heteroatoms. The summed E-state index contributed by atoms with van der Waals surface area (Å²) in [5.74, 6) is 1.12. The minimum absolute atomic E-state index is 0.159. The Morgan fingerprint density at radius 3 is 2.61 bits per heavy atom. The largest absolute Gasteiger partial charge is 0.473 e. The van der Waals surface area contributed by atoms with Gasteiger partial charge < -0.3 is 4.74 Å². The lowest BCUT2D eigenvalue weighted by molar-refractivity contribution is 0.315. The lowest BCUT2D eigenvalue weighted by Gasteiger charge is -2.03. The lowest BCUT2D eigenvalue weighted by atomic mass is 10.1. The van der Waals surface area contributed by atoms with Gasteiger partial charge in [-0.3, -0.25) is 0 Å². The van der Waals surface area contributed by atoms with Gasteiger partial charge >= 0.3 is 0 Å². The van der Waals surface area contributed by atoms with E-state index < -0.39 is 0 Å². The van der Waals surface area contributed by atoms with Gasteiger partial charge in [-0.1, -0.05) is 30.3 Å². The first-order valence-electron chi connectivity index (χ1n) is 5.94. The van der Waals surface area contributed by atoms with Gasteiger partial charge in [0.1, 0.15) is 6.61 Å². The molecule has 4 nitrogen and oxygen atoms in total. The van der Waals surface area contributed by atoms with Crippen LogP contribution in [0.15, 0.2) is 53.8 Å². The van der Waals surface area contributed by atoms with Crippen LogP contribution in [0.1, 0.15) is 11.4 Å². The molecule has 0 unspecified atom stereocenters. The molecule has 0 radical (unpaired) electrons. The summed E-state index contributed by atoms with van der Waals surface area (Å²) >= 11 is 0. The van der Waals surface area contributed by atoms with Crippen LogP contribution in [0.3, 0.4) is 0 Å². The summed E-state index contributed by atoms with van der Waals surface area (Å²) in [6.45, 7) is 0.600. The first-order chi connectivity index (χ1) is 8.92. The molecule has 1 aliphatic rings. The summed E-state index contributed by atoms with van der Waals surface area (Å²) in [5, 5.41) is 0. The third-order valence-electron chi connectivity index (χ3n) is 2.78. The van der Waals surface area contributed by atoms with Crippen molar-refractivity contribution in [3.63, 3.8) is 0 Å². The molecule has 3 rings (SSSR count). The van der Waals surface area contributed by atoms with Crippen LogP contribution in [0.4, 0.5) is 0 Å². The maximum atomic E-state index is 5.55. The van der Waals surface area contributed by atoms with Gasteiger partial charge in [-0.25, -0.2) is 15.0 Å². The minimum Gasteiger partial charge on any atom is -0.473 e. The fourth-order valence-corrected chi connectivity index (χ4v) is 1.94. The van der Waals surface area contributed by atoms with E-state index >= 15 is 0 Å². The highest BCUT2D eigenvalue weighted by atomic mass is 16.5.